The second kappa shape index (κ2) is 18.5. The molecular formula is C29H48N2O8S. The number of imide groups is 1. The van der Waals surface area contributed by atoms with E-state index in [9.17, 15) is 29.1 Å². The van der Waals surface area contributed by atoms with Crippen molar-refractivity contribution in [1.82, 2.24) is 10.2 Å². The summed E-state index contributed by atoms with van der Waals surface area (Å²) in [6, 6.07) is 0. The number of amides is 3. The van der Waals surface area contributed by atoms with Gasteiger partial charge in [-0.05, 0) is 50.4 Å². The summed E-state index contributed by atoms with van der Waals surface area (Å²) in [5.74, 6) is 0.461. The molecule has 228 valence electrons. The highest BCUT2D eigenvalue weighted by atomic mass is 32.2. The van der Waals surface area contributed by atoms with Gasteiger partial charge in [0.25, 0.3) is 0 Å². The van der Waals surface area contributed by atoms with Gasteiger partial charge >= 0.3 is 5.97 Å². The quantitative estimate of drug-likeness (QED) is 0.133. The molecule has 0 spiro atoms. The summed E-state index contributed by atoms with van der Waals surface area (Å²) in [5, 5.41) is 11.7. The van der Waals surface area contributed by atoms with E-state index < -0.39 is 5.25 Å². The molecule has 0 bridgehead atoms. The van der Waals surface area contributed by atoms with Crippen molar-refractivity contribution in [3.63, 3.8) is 0 Å². The molecule has 2 rings (SSSR count). The lowest BCUT2D eigenvalue weighted by Crippen LogP contribution is -2.37. The largest absolute Gasteiger partial charge is 0.463 e. The Morgan fingerprint density at radius 3 is 2.48 bits per heavy atom. The number of esters is 1. The molecule has 10 nitrogen and oxygen atoms in total. The second-order valence-corrected chi connectivity index (χ2v) is 12.2. The first-order valence-electron chi connectivity index (χ1n) is 14.8. The summed E-state index contributed by atoms with van der Waals surface area (Å²) >= 11 is 1.39. The number of thioether (sulfide) groups is 1. The van der Waals surface area contributed by atoms with Crippen LogP contribution in [0.25, 0.3) is 0 Å². The van der Waals surface area contributed by atoms with Gasteiger partial charge in [0.1, 0.15) is 12.4 Å². The summed E-state index contributed by atoms with van der Waals surface area (Å²) in [7, 11) is 1.55. The second-order valence-electron chi connectivity index (χ2n) is 10.9. The van der Waals surface area contributed by atoms with Crippen LogP contribution in [-0.4, -0.2) is 90.0 Å². The minimum Gasteiger partial charge on any atom is -0.463 e. The Hall–Kier alpha value is -1.98. The molecule has 0 radical (unpaired) electrons. The third-order valence-electron chi connectivity index (χ3n) is 8.02. The van der Waals surface area contributed by atoms with Gasteiger partial charge < -0.3 is 19.9 Å². The van der Waals surface area contributed by atoms with Gasteiger partial charge in [-0.1, -0.05) is 20.3 Å². The predicted molar refractivity (Wildman–Crippen MR) is 152 cm³/mol. The maximum absolute atomic E-state index is 12.8. The van der Waals surface area contributed by atoms with Crippen molar-refractivity contribution in [3.05, 3.63) is 0 Å². The van der Waals surface area contributed by atoms with Crippen molar-refractivity contribution >= 4 is 41.2 Å². The van der Waals surface area contributed by atoms with Crippen LogP contribution in [-0.2, 0) is 33.4 Å². The van der Waals surface area contributed by atoms with Gasteiger partial charge in [0.2, 0.25) is 17.7 Å². The molecule has 1 aliphatic carbocycles. The fourth-order valence-electron chi connectivity index (χ4n) is 5.29. The number of Topliss-reactive ketones (excluding diaryl/α,β-unsaturated/α-hetero) is 1. The minimum atomic E-state index is -0.418. The molecule has 1 saturated heterocycles. The van der Waals surface area contributed by atoms with Gasteiger partial charge in [-0.3, -0.25) is 28.9 Å². The molecule has 1 saturated carbocycles. The highest BCUT2D eigenvalue weighted by Crippen LogP contribution is 2.33. The van der Waals surface area contributed by atoms with E-state index in [0.717, 1.165) is 32.1 Å². The first kappa shape index (κ1) is 34.2. The number of likely N-dealkylation sites (tertiary alicyclic amines) is 1. The van der Waals surface area contributed by atoms with Gasteiger partial charge in [-0.15, -0.1) is 11.8 Å². The van der Waals surface area contributed by atoms with Gasteiger partial charge in [-0.2, -0.15) is 0 Å². The van der Waals surface area contributed by atoms with Crippen LogP contribution in [0, 0.1) is 17.8 Å². The zero-order valence-corrected chi connectivity index (χ0v) is 25.2. The third kappa shape index (κ3) is 11.5. The Morgan fingerprint density at radius 1 is 1.12 bits per heavy atom. The lowest BCUT2D eigenvalue weighted by molar-refractivity contribution is -0.148. The maximum Gasteiger partial charge on any atom is 0.305 e. The Kier molecular flexibility index (Phi) is 15.8. The maximum atomic E-state index is 12.8. The zero-order chi connectivity index (χ0) is 29.5. The number of hydrogen-bond donors (Lipinski definition) is 2. The van der Waals surface area contributed by atoms with Crippen LogP contribution in [0.4, 0.5) is 0 Å². The molecule has 40 heavy (non-hydrogen) atoms. The van der Waals surface area contributed by atoms with Crippen LogP contribution in [0.3, 0.4) is 0 Å². The average Bonchev–Trinajstić information content (AvgIpc) is 3.22. The number of rotatable bonds is 19. The van der Waals surface area contributed by atoms with E-state index in [1.807, 2.05) is 13.8 Å². The highest BCUT2D eigenvalue weighted by molar-refractivity contribution is 8.00. The van der Waals surface area contributed by atoms with Crippen molar-refractivity contribution in [1.29, 1.82) is 0 Å². The van der Waals surface area contributed by atoms with Gasteiger partial charge in [-0.25, -0.2) is 0 Å². The fraction of sp³-hybridized carbons (Fsp3) is 0.828. The van der Waals surface area contributed by atoms with Gasteiger partial charge in [0.15, 0.2) is 0 Å². The summed E-state index contributed by atoms with van der Waals surface area (Å²) < 4.78 is 10.6. The molecule has 1 aliphatic heterocycles. The molecule has 2 aliphatic rings. The molecule has 3 atom stereocenters. The van der Waals surface area contributed by atoms with Crippen LogP contribution in [0.2, 0.25) is 0 Å². The standard InChI is InChI=1S/C29H48N2O8S/c1-4-20(18-32)15-23(38-3)19-39-28(36)8-6-7-26(34)30-13-14-40-25-16-27(35)31(29(25)37)17-21-9-11-22(12-10-21)24(33)5-2/h20-23,25,32H,4-19H2,1-3H3,(H,30,34). The van der Waals surface area contributed by atoms with E-state index in [0.29, 0.717) is 43.9 Å². The molecule has 2 N–H and O–H groups in total. The van der Waals surface area contributed by atoms with E-state index in [1.165, 1.54) is 16.7 Å². The molecular weight excluding hydrogens is 536 g/mol. The van der Waals surface area contributed by atoms with Gasteiger partial charge in [0.05, 0.1) is 11.4 Å². The summed E-state index contributed by atoms with van der Waals surface area (Å²) in [4.78, 5) is 62.8. The number of carbonyl (C=O) groups is 5. The summed E-state index contributed by atoms with van der Waals surface area (Å²) in [5.41, 5.74) is 0. The van der Waals surface area contributed by atoms with Crippen LogP contribution >= 0.6 is 11.8 Å². The number of methoxy groups -OCH3 is 1. The lowest BCUT2D eigenvalue weighted by Gasteiger charge is -2.30. The molecule has 2 fully saturated rings. The molecule has 3 amide bonds. The predicted octanol–water partition coefficient (Wildman–Crippen LogP) is 2.89. The SMILES string of the molecule is CCC(=O)C1CCC(CN2C(=O)CC(SCCNC(=O)CCCC(=O)OCC(CC(CC)CO)OC)C2=O)CC1. The van der Waals surface area contributed by atoms with Gasteiger partial charge in [0, 0.05) is 64.2 Å². The minimum absolute atomic E-state index is 0.0658. The number of carbonyl (C=O) groups excluding carboxylic acids is 5. The van der Waals surface area contributed by atoms with Crippen LogP contribution in [0.1, 0.15) is 84.5 Å². The summed E-state index contributed by atoms with van der Waals surface area (Å²) in [6.45, 7) is 4.88. The zero-order valence-electron chi connectivity index (χ0n) is 24.4. The normalized spacial score (nSPS) is 22.7. The Labute approximate surface area is 242 Å². The summed E-state index contributed by atoms with van der Waals surface area (Å²) in [6.07, 6.45) is 6.00. The first-order chi connectivity index (χ1) is 19.2. The number of hydrogen-bond acceptors (Lipinski definition) is 9. The molecule has 0 aromatic carbocycles. The van der Waals surface area contributed by atoms with Crippen molar-refractivity contribution in [3.8, 4) is 0 Å². The van der Waals surface area contributed by atoms with Crippen molar-refractivity contribution in [2.45, 2.75) is 95.8 Å². The first-order valence-corrected chi connectivity index (χ1v) is 15.8. The number of nitrogens with one attached hydrogen (secondary N) is 1. The molecule has 3 unspecified atom stereocenters. The number of ketones is 1. The number of ether oxygens (including phenoxy) is 2. The third-order valence-corrected chi connectivity index (χ3v) is 9.23. The Balaban J connectivity index is 1.57. The van der Waals surface area contributed by atoms with E-state index in [1.54, 1.807) is 7.11 Å². The highest BCUT2D eigenvalue weighted by Gasteiger charge is 2.40. The fourth-order valence-corrected chi connectivity index (χ4v) is 6.33. The number of aliphatic hydroxyl groups excluding tert-OH is 1. The Bertz CT molecular complexity index is 842. The van der Waals surface area contributed by atoms with Crippen LogP contribution in [0.15, 0.2) is 0 Å². The van der Waals surface area contributed by atoms with Crippen LogP contribution in [0.5, 0.6) is 0 Å². The lowest BCUT2D eigenvalue weighted by atomic mass is 9.79. The number of aliphatic hydroxyl groups is 1. The molecule has 0 aromatic heterocycles. The molecule has 0 aromatic rings. The molecule has 11 heteroatoms. The van der Waals surface area contributed by atoms with E-state index in [-0.39, 0.29) is 80.0 Å². The van der Waals surface area contributed by atoms with E-state index >= 15 is 0 Å². The Morgan fingerprint density at radius 2 is 1.85 bits per heavy atom. The van der Waals surface area contributed by atoms with Crippen molar-refractivity contribution in [2.24, 2.45) is 17.8 Å². The monoisotopic (exact) mass is 584 g/mol. The van der Waals surface area contributed by atoms with Crippen molar-refractivity contribution in [2.75, 3.05) is 39.2 Å². The van der Waals surface area contributed by atoms with Crippen LogP contribution < -0.4 is 5.32 Å². The topological polar surface area (TPSA) is 139 Å². The number of nitrogens with zero attached hydrogens (tertiary/aromatic N) is 1. The molecule has 1 heterocycles. The van der Waals surface area contributed by atoms with E-state index in [4.69, 9.17) is 9.47 Å². The average molecular weight is 585 g/mol. The van der Waals surface area contributed by atoms with Crippen molar-refractivity contribution < 1.29 is 38.6 Å². The van der Waals surface area contributed by atoms with E-state index in [2.05, 4.69) is 5.32 Å². The smallest absolute Gasteiger partial charge is 0.305 e.